The Hall–Kier alpha value is -3.22. The van der Waals surface area contributed by atoms with Gasteiger partial charge in [-0.05, 0) is 50.1 Å². The number of ether oxygens (including phenoxy) is 2. The molecule has 0 aromatic heterocycles. The number of guanidine groups is 1. The van der Waals surface area contributed by atoms with Crippen molar-refractivity contribution in [3.8, 4) is 11.5 Å². The summed E-state index contributed by atoms with van der Waals surface area (Å²) in [5.41, 5.74) is 2.10. The largest absolute Gasteiger partial charge is 0.497 e. The van der Waals surface area contributed by atoms with Gasteiger partial charge in [-0.25, -0.2) is 4.99 Å². The molecule has 1 amide bonds. The lowest BCUT2D eigenvalue weighted by Gasteiger charge is -2.18. The highest BCUT2D eigenvalue weighted by molar-refractivity contribution is 5.84. The number of hydrogen-bond donors (Lipinski definition) is 3. The Morgan fingerprint density at radius 3 is 2.47 bits per heavy atom. The molecule has 162 valence electrons. The van der Waals surface area contributed by atoms with Crippen molar-refractivity contribution in [2.75, 3.05) is 26.7 Å². The predicted molar refractivity (Wildman–Crippen MR) is 120 cm³/mol. The van der Waals surface area contributed by atoms with Crippen LogP contribution in [0, 0.1) is 6.92 Å². The lowest BCUT2D eigenvalue weighted by Crippen LogP contribution is -2.42. The van der Waals surface area contributed by atoms with E-state index >= 15 is 0 Å². The van der Waals surface area contributed by atoms with Crippen molar-refractivity contribution in [2.45, 2.75) is 33.4 Å². The van der Waals surface area contributed by atoms with Gasteiger partial charge >= 0.3 is 0 Å². The second-order valence-electron chi connectivity index (χ2n) is 6.89. The molecule has 2 rings (SSSR count). The summed E-state index contributed by atoms with van der Waals surface area (Å²) in [6, 6.07) is 15.5. The zero-order chi connectivity index (χ0) is 21.8. The minimum Gasteiger partial charge on any atom is -0.497 e. The van der Waals surface area contributed by atoms with E-state index in [0.717, 1.165) is 22.6 Å². The molecule has 0 aliphatic carbocycles. The summed E-state index contributed by atoms with van der Waals surface area (Å²) < 4.78 is 11.1. The zero-order valence-electron chi connectivity index (χ0n) is 18.2. The molecule has 0 bridgehead atoms. The molecule has 7 nitrogen and oxygen atoms in total. The second-order valence-corrected chi connectivity index (χ2v) is 6.89. The molecule has 0 fully saturated rings. The van der Waals surface area contributed by atoms with Gasteiger partial charge in [-0.3, -0.25) is 4.79 Å². The molecule has 0 saturated heterocycles. The number of aryl methyl sites for hydroxylation is 1. The van der Waals surface area contributed by atoms with Crippen molar-refractivity contribution in [1.82, 2.24) is 16.0 Å². The fourth-order valence-electron chi connectivity index (χ4n) is 2.68. The van der Waals surface area contributed by atoms with E-state index in [-0.39, 0.29) is 18.6 Å². The third kappa shape index (κ3) is 8.03. The third-order valence-corrected chi connectivity index (χ3v) is 4.35. The molecule has 0 heterocycles. The van der Waals surface area contributed by atoms with Gasteiger partial charge in [0.15, 0.2) is 5.96 Å². The zero-order valence-corrected chi connectivity index (χ0v) is 18.2. The van der Waals surface area contributed by atoms with Crippen LogP contribution in [-0.2, 0) is 11.3 Å². The van der Waals surface area contributed by atoms with Crippen LogP contribution in [0.3, 0.4) is 0 Å². The maximum Gasteiger partial charge on any atom is 0.242 e. The summed E-state index contributed by atoms with van der Waals surface area (Å²) in [5, 5.41) is 9.24. The van der Waals surface area contributed by atoms with E-state index in [0.29, 0.717) is 25.6 Å². The lowest BCUT2D eigenvalue weighted by molar-refractivity contribution is -0.119. The molecule has 1 unspecified atom stereocenters. The summed E-state index contributed by atoms with van der Waals surface area (Å²) >= 11 is 0. The molecule has 3 N–H and O–H groups in total. The van der Waals surface area contributed by atoms with Crippen LogP contribution in [-0.4, -0.2) is 44.7 Å². The Balaban J connectivity index is 1.79. The quantitative estimate of drug-likeness (QED) is 0.413. The number of carbonyl (C=O) groups is 1. The fraction of sp³-hybridized carbons (Fsp3) is 0.391. The van der Waals surface area contributed by atoms with Crippen LogP contribution >= 0.6 is 0 Å². The van der Waals surface area contributed by atoms with Crippen LogP contribution < -0.4 is 25.4 Å². The molecule has 1 atom stereocenters. The van der Waals surface area contributed by atoms with E-state index in [9.17, 15) is 4.79 Å². The molecular formula is C23H32N4O3. The van der Waals surface area contributed by atoms with Crippen LogP contribution in [0.5, 0.6) is 11.5 Å². The van der Waals surface area contributed by atoms with Gasteiger partial charge in [-0.2, -0.15) is 0 Å². The molecule has 2 aromatic carbocycles. The van der Waals surface area contributed by atoms with Gasteiger partial charge in [0, 0.05) is 13.1 Å². The fourth-order valence-corrected chi connectivity index (χ4v) is 2.68. The maximum absolute atomic E-state index is 12.1. The first-order valence-electron chi connectivity index (χ1n) is 10.2. The normalized spacial score (nSPS) is 12.1. The number of carbonyl (C=O) groups excluding carboxylic acids is 1. The predicted octanol–water partition coefficient (Wildman–Crippen LogP) is 2.64. The number of methoxy groups -OCH3 is 1. The molecular weight excluding hydrogens is 380 g/mol. The van der Waals surface area contributed by atoms with Gasteiger partial charge in [-0.15, -0.1) is 0 Å². The minimum atomic E-state index is -0.146. The number of para-hydroxylation sites is 1. The maximum atomic E-state index is 12.1. The molecule has 0 aliphatic rings. The molecule has 30 heavy (non-hydrogen) atoms. The van der Waals surface area contributed by atoms with E-state index in [2.05, 4.69) is 20.9 Å². The van der Waals surface area contributed by atoms with Crippen molar-refractivity contribution >= 4 is 11.9 Å². The minimum absolute atomic E-state index is 0.0402. The first-order chi connectivity index (χ1) is 14.5. The van der Waals surface area contributed by atoms with E-state index in [1.54, 1.807) is 7.11 Å². The lowest BCUT2D eigenvalue weighted by atomic mass is 10.2. The monoisotopic (exact) mass is 412 g/mol. The summed E-state index contributed by atoms with van der Waals surface area (Å²) in [6.45, 7) is 7.74. The number of aliphatic imine (C=N–C) groups is 1. The Kier molecular flexibility index (Phi) is 9.51. The SMILES string of the molecule is CCNC(=NCC(=O)NCc1ccc(OC)cc1)NCC(C)Oc1ccccc1C. The van der Waals surface area contributed by atoms with Gasteiger partial charge in [-0.1, -0.05) is 30.3 Å². The molecule has 0 saturated carbocycles. The van der Waals surface area contributed by atoms with E-state index in [4.69, 9.17) is 9.47 Å². The van der Waals surface area contributed by atoms with Gasteiger partial charge in [0.2, 0.25) is 5.91 Å². The van der Waals surface area contributed by atoms with Crippen LogP contribution in [0.15, 0.2) is 53.5 Å². The van der Waals surface area contributed by atoms with E-state index in [1.165, 1.54) is 0 Å². The second kappa shape index (κ2) is 12.4. The third-order valence-electron chi connectivity index (χ3n) is 4.35. The van der Waals surface area contributed by atoms with Crippen molar-refractivity contribution < 1.29 is 14.3 Å². The molecule has 7 heteroatoms. The first-order valence-corrected chi connectivity index (χ1v) is 10.2. The van der Waals surface area contributed by atoms with E-state index < -0.39 is 0 Å². The summed E-state index contributed by atoms with van der Waals surface area (Å²) in [5.74, 6) is 2.09. The van der Waals surface area contributed by atoms with Gasteiger partial charge < -0.3 is 25.4 Å². The highest BCUT2D eigenvalue weighted by Gasteiger charge is 2.08. The average Bonchev–Trinajstić information content (AvgIpc) is 2.76. The van der Waals surface area contributed by atoms with Crippen molar-refractivity contribution in [2.24, 2.45) is 4.99 Å². The Morgan fingerprint density at radius 2 is 1.80 bits per heavy atom. The number of rotatable bonds is 10. The van der Waals surface area contributed by atoms with Crippen molar-refractivity contribution in [3.05, 3.63) is 59.7 Å². The Morgan fingerprint density at radius 1 is 1.07 bits per heavy atom. The number of benzene rings is 2. The number of amides is 1. The standard InChI is InChI=1S/C23H32N4O3/c1-5-24-23(26-14-18(3)30-21-9-7-6-8-17(21)2)27-16-22(28)25-15-19-10-12-20(29-4)13-11-19/h6-13,18H,5,14-16H2,1-4H3,(H,25,28)(H2,24,26,27). The van der Waals surface area contributed by atoms with Crippen LogP contribution in [0.2, 0.25) is 0 Å². The van der Waals surface area contributed by atoms with Gasteiger partial charge in [0.1, 0.15) is 24.1 Å². The summed E-state index contributed by atoms with van der Waals surface area (Å²) in [4.78, 5) is 16.5. The first kappa shape index (κ1) is 23.1. The number of nitrogens with one attached hydrogen (secondary N) is 3. The Labute approximate surface area is 178 Å². The van der Waals surface area contributed by atoms with Crippen molar-refractivity contribution in [1.29, 1.82) is 0 Å². The van der Waals surface area contributed by atoms with Crippen LogP contribution in [0.25, 0.3) is 0 Å². The molecule has 0 radical (unpaired) electrons. The van der Waals surface area contributed by atoms with Gasteiger partial charge in [0.05, 0.1) is 13.7 Å². The Bertz CT molecular complexity index is 821. The number of nitrogens with zero attached hydrogens (tertiary/aromatic N) is 1. The van der Waals surface area contributed by atoms with E-state index in [1.807, 2.05) is 69.3 Å². The molecule has 0 aliphatic heterocycles. The summed E-state index contributed by atoms with van der Waals surface area (Å²) in [6.07, 6.45) is -0.0566. The molecule has 0 spiro atoms. The van der Waals surface area contributed by atoms with Crippen LogP contribution in [0.4, 0.5) is 0 Å². The van der Waals surface area contributed by atoms with Gasteiger partial charge in [0.25, 0.3) is 0 Å². The highest BCUT2D eigenvalue weighted by atomic mass is 16.5. The van der Waals surface area contributed by atoms with Crippen LogP contribution in [0.1, 0.15) is 25.0 Å². The highest BCUT2D eigenvalue weighted by Crippen LogP contribution is 2.17. The number of hydrogen-bond acceptors (Lipinski definition) is 4. The molecule has 2 aromatic rings. The summed E-state index contributed by atoms with van der Waals surface area (Å²) in [7, 11) is 1.63. The smallest absolute Gasteiger partial charge is 0.242 e. The van der Waals surface area contributed by atoms with Crippen molar-refractivity contribution in [3.63, 3.8) is 0 Å². The topological polar surface area (TPSA) is 84.0 Å². The average molecular weight is 413 g/mol.